The van der Waals surface area contributed by atoms with Crippen LogP contribution in [-0.2, 0) is 16.0 Å². The smallest absolute Gasteiger partial charge is 0.329 e. The highest BCUT2D eigenvalue weighted by molar-refractivity contribution is 5.89. The van der Waals surface area contributed by atoms with Gasteiger partial charge in [0.15, 0.2) is 0 Å². The van der Waals surface area contributed by atoms with Crippen LogP contribution in [0.1, 0.15) is 25.3 Å². The van der Waals surface area contributed by atoms with Gasteiger partial charge in [-0.05, 0) is 49.8 Å². The zero-order valence-electron chi connectivity index (χ0n) is 11.9. The lowest BCUT2D eigenvalue weighted by molar-refractivity contribution is -0.148. The molecule has 6 nitrogen and oxygen atoms in total. The minimum absolute atomic E-state index is 0.0279. The molecule has 2 unspecified atom stereocenters. The van der Waals surface area contributed by atoms with Crippen molar-refractivity contribution >= 4 is 11.9 Å². The van der Waals surface area contributed by atoms with Crippen molar-refractivity contribution in [1.29, 1.82) is 0 Å². The van der Waals surface area contributed by atoms with Crippen molar-refractivity contribution in [2.75, 3.05) is 0 Å². The Kier molecular flexibility index (Phi) is 4.18. The van der Waals surface area contributed by atoms with Gasteiger partial charge in [0.25, 0.3) is 0 Å². The van der Waals surface area contributed by atoms with Crippen LogP contribution >= 0.6 is 0 Å². The highest BCUT2D eigenvalue weighted by atomic mass is 16.4. The third kappa shape index (κ3) is 3.52. The molecule has 1 aromatic rings. The summed E-state index contributed by atoms with van der Waals surface area (Å²) < 4.78 is 0. The average molecular weight is 292 g/mol. The number of carbonyl (C=O) groups is 2. The van der Waals surface area contributed by atoms with Crippen LogP contribution in [0.3, 0.4) is 0 Å². The number of phenols is 1. The van der Waals surface area contributed by atoms with E-state index >= 15 is 0 Å². The second-order valence-corrected chi connectivity index (χ2v) is 5.75. The number of phenolic OH excluding ortho intramolecular Hbond substituents is 1. The fourth-order valence-corrected chi connectivity index (χ4v) is 2.32. The van der Waals surface area contributed by atoms with Crippen molar-refractivity contribution in [3.05, 3.63) is 29.8 Å². The monoisotopic (exact) mass is 292 g/mol. The molecule has 1 saturated carbocycles. The van der Waals surface area contributed by atoms with Crippen LogP contribution in [0.15, 0.2) is 24.3 Å². The van der Waals surface area contributed by atoms with Crippen LogP contribution in [0.2, 0.25) is 0 Å². The Bertz CT molecular complexity index is 539. The number of hydrogen-bond donors (Lipinski definition) is 4. The van der Waals surface area contributed by atoms with Crippen LogP contribution in [0, 0.1) is 5.92 Å². The first kappa shape index (κ1) is 15.3. The second kappa shape index (κ2) is 5.73. The van der Waals surface area contributed by atoms with E-state index in [0.717, 1.165) is 18.4 Å². The van der Waals surface area contributed by atoms with E-state index in [9.17, 15) is 19.8 Å². The number of nitrogens with two attached hydrogens (primary N) is 1. The molecule has 1 aliphatic rings. The summed E-state index contributed by atoms with van der Waals surface area (Å²) in [6.45, 7) is 1.53. The molecule has 2 rings (SSSR count). The minimum Gasteiger partial charge on any atom is -0.508 e. The Labute approximate surface area is 123 Å². The first-order chi connectivity index (χ1) is 9.83. The van der Waals surface area contributed by atoms with Gasteiger partial charge in [-0.1, -0.05) is 12.1 Å². The second-order valence-electron chi connectivity index (χ2n) is 5.75. The number of amides is 1. The molecule has 0 saturated heterocycles. The lowest BCUT2D eigenvalue weighted by Gasteiger charge is -2.27. The van der Waals surface area contributed by atoms with Crippen LogP contribution in [0.25, 0.3) is 0 Å². The Hall–Kier alpha value is -2.08. The maximum Gasteiger partial charge on any atom is 0.329 e. The maximum atomic E-state index is 12.1. The number of carbonyl (C=O) groups excluding carboxylic acids is 1. The molecule has 2 atom stereocenters. The van der Waals surface area contributed by atoms with E-state index < -0.39 is 23.5 Å². The predicted octanol–water partition coefficient (Wildman–Crippen LogP) is 0.631. The molecule has 1 aromatic carbocycles. The van der Waals surface area contributed by atoms with Gasteiger partial charge in [-0.25, -0.2) is 4.79 Å². The van der Waals surface area contributed by atoms with Crippen molar-refractivity contribution in [3.63, 3.8) is 0 Å². The summed E-state index contributed by atoms with van der Waals surface area (Å²) in [5.74, 6) is -1.39. The standard InChI is InChI=1S/C15H20N2O4/c1-15(14(20)21,10-4-5-10)17-13(19)12(16)8-9-2-6-11(18)7-3-9/h2-3,6-7,10,12,18H,4-5,8,16H2,1H3,(H,17,19)(H,20,21). The number of aliphatic carboxylic acids is 1. The number of aromatic hydroxyl groups is 1. The fourth-order valence-electron chi connectivity index (χ4n) is 2.32. The molecular formula is C15H20N2O4. The summed E-state index contributed by atoms with van der Waals surface area (Å²) in [6, 6.07) is 5.57. The van der Waals surface area contributed by atoms with Crippen molar-refractivity contribution in [1.82, 2.24) is 5.32 Å². The Balaban J connectivity index is 1.98. The van der Waals surface area contributed by atoms with Gasteiger partial charge in [-0.2, -0.15) is 0 Å². The van der Waals surface area contributed by atoms with E-state index in [4.69, 9.17) is 5.73 Å². The van der Waals surface area contributed by atoms with E-state index in [2.05, 4.69) is 5.32 Å². The van der Waals surface area contributed by atoms with Crippen molar-refractivity contribution in [2.45, 2.75) is 37.8 Å². The zero-order valence-corrected chi connectivity index (χ0v) is 11.9. The minimum atomic E-state index is -1.25. The molecular weight excluding hydrogens is 272 g/mol. The number of hydrogen-bond acceptors (Lipinski definition) is 4. The molecule has 0 spiro atoms. The first-order valence-corrected chi connectivity index (χ1v) is 6.92. The molecule has 0 aliphatic heterocycles. The van der Waals surface area contributed by atoms with Crippen molar-refractivity contribution in [3.8, 4) is 5.75 Å². The normalized spacial score (nSPS) is 18.6. The van der Waals surface area contributed by atoms with Crippen molar-refractivity contribution < 1.29 is 19.8 Å². The van der Waals surface area contributed by atoms with Crippen molar-refractivity contribution in [2.24, 2.45) is 11.7 Å². The van der Waals surface area contributed by atoms with Gasteiger partial charge in [-0.3, -0.25) is 4.79 Å². The summed E-state index contributed by atoms with van der Waals surface area (Å²) in [7, 11) is 0. The van der Waals surface area contributed by atoms with Gasteiger partial charge >= 0.3 is 5.97 Å². The fraction of sp³-hybridized carbons (Fsp3) is 0.467. The largest absolute Gasteiger partial charge is 0.508 e. The van der Waals surface area contributed by atoms with Gasteiger partial charge in [0, 0.05) is 0 Å². The number of nitrogens with one attached hydrogen (secondary N) is 1. The van der Waals surface area contributed by atoms with Crippen LogP contribution in [0.4, 0.5) is 0 Å². The van der Waals surface area contributed by atoms with E-state index in [1.165, 1.54) is 19.1 Å². The molecule has 0 aromatic heterocycles. The highest BCUT2D eigenvalue weighted by Gasteiger charge is 2.48. The molecule has 114 valence electrons. The quantitative estimate of drug-likeness (QED) is 0.614. The number of carboxylic acids is 1. The Morgan fingerprint density at radius 1 is 1.38 bits per heavy atom. The third-order valence-corrected chi connectivity index (χ3v) is 3.95. The highest BCUT2D eigenvalue weighted by Crippen LogP contribution is 2.39. The maximum absolute atomic E-state index is 12.1. The zero-order chi connectivity index (χ0) is 15.6. The average Bonchev–Trinajstić information content (AvgIpc) is 3.25. The molecule has 0 radical (unpaired) electrons. The van der Waals surface area contributed by atoms with E-state index in [-0.39, 0.29) is 18.1 Å². The first-order valence-electron chi connectivity index (χ1n) is 6.92. The van der Waals surface area contributed by atoms with Gasteiger partial charge in [-0.15, -0.1) is 0 Å². The Morgan fingerprint density at radius 3 is 2.43 bits per heavy atom. The predicted molar refractivity (Wildman–Crippen MR) is 76.7 cm³/mol. The Morgan fingerprint density at radius 2 is 1.95 bits per heavy atom. The van der Waals surface area contributed by atoms with Crippen LogP contribution in [0.5, 0.6) is 5.75 Å². The lowest BCUT2D eigenvalue weighted by atomic mass is 9.95. The SMILES string of the molecule is CC(NC(=O)C(N)Cc1ccc(O)cc1)(C(=O)O)C1CC1. The summed E-state index contributed by atoms with van der Waals surface area (Å²) in [5.41, 5.74) is 5.41. The van der Waals surface area contributed by atoms with Crippen LogP contribution < -0.4 is 11.1 Å². The number of benzene rings is 1. The molecule has 1 fully saturated rings. The van der Waals surface area contributed by atoms with Crippen LogP contribution in [-0.4, -0.2) is 33.7 Å². The summed E-state index contributed by atoms with van der Waals surface area (Å²) >= 11 is 0. The summed E-state index contributed by atoms with van der Waals surface area (Å²) in [6.07, 6.45) is 1.89. The van der Waals surface area contributed by atoms with Gasteiger partial charge < -0.3 is 21.3 Å². The molecule has 1 aliphatic carbocycles. The molecule has 6 heteroatoms. The molecule has 1 amide bonds. The van der Waals surface area contributed by atoms with Gasteiger partial charge in [0.2, 0.25) is 5.91 Å². The third-order valence-electron chi connectivity index (χ3n) is 3.95. The van der Waals surface area contributed by atoms with E-state index in [0.29, 0.717) is 0 Å². The number of carboxylic acid groups (broad SMARTS) is 1. The summed E-state index contributed by atoms with van der Waals surface area (Å²) in [5, 5.41) is 21.1. The van der Waals surface area contributed by atoms with Gasteiger partial charge in [0.05, 0.1) is 6.04 Å². The molecule has 0 heterocycles. The lowest BCUT2D eigenvalue weighted by Crippen LogP contribution is -2.58. The summed E-state index contributed by atoms with van der Waals surface area (Å²) in [4.78, 5) is 23.5. The van der Waals surface area contributed by atoms with E-state index in [1.54, 1.807) is 12.1 Å². The molecule has 5 N–H and O–H groups in total. The molecule has 0 bridgehead atoms. The van der Waals surface area contributed by atoms with Gasteiger partial charge in [0.1, 0.15) is 11.3 Å². The topological polar surface area (TPSA) is 113 Å². The number of rotatable bonds is 6. The molecule has 21 heavy (non-hydrogen) atoms. The van der Waals surface area contributed by atoms with E-state index in [1.807, 2.05) is 0 Å².